The predicted octanol–water partition coefficient (Wildman–Crippen LogP) is 3.55. The van der Waals surface area contributed by atoms with E-state index in [2.05, 4.69) is 20.7 Å². The minimum atomic E-state index is -3.71. The first-order valence-corrected chi connectivity index (χ1v) is 8.94. The summed E-state index contributed by atoms with van der Waals surface area (Å²) >= 11 is 9.94. The minimum Gasteiger partial charge on any atom is -0.258 e. The molecule has 6 nitrogen and oxygen atoms in total. The van der Waals surface area contributed by atoms with Gasteiger partial charge in [-0.25, -0.2) is 13.1 Å². The van der Waals surface area contributed by atoms with Crippen LogP contribution < -0.4 is 4.72 Å². The molecule has 2 aromatic rings. The zero-order valence-corrected chi connectivity index (χ0v) is 14.2. The van der Waals surface area contributed by atoms with Crippen molar-refractivity contribution in [1.82, 2.24) is 4.72 Å². The van der Waals surface area contributed by atoms with Crippen LogP contribution in [-0.4, -0.2) is 13.3 Å². The number of non-ortho nitro benzene ring substituents is 1. The van der Waals surface area contributed by atoms with Gasteiger partial charge < -0.3 is 0 Å². The standard InChI is InChI=1S/C11H8BrClN2O4S2/c12-11-9(13)5-10(20-11)21(18,19)14-6-7-2-1-3-8(4-7)15(16)17/h1-5,14H,6H2. The van der Waals surface area contributed by atoms with Crippen LogP contribution in [0.3, 0.4) is 0 Å². The molecule has 0 radical (unpaired) electrons. The number of sulfonamides is 1. The van der Waals surface area contributed by atoms with E-state index in [0.29, 0.717) is 14.4 Å². The Morgan fingerprint density at radius 1 is 1.38 bits per heavy atom. The Morgan fingerprint density at radius 3 is 2.67 bits per heavy atom. The third-order valence-corrected chi connectivity index (χ3v) is 6.82. The van der Waals surface area contributed by atoms with Gasteiger partial charge in [-0.15, -0.1) is 11.3 Å². The second-order valence-corrected chi connectivity index (χ2v) is 8.71. The van der Waals surface area contributed by atoms with Crippen molar-refractivity contribution in [1.29, 1.82) is 0 Å². The van der Waals surface area contributed by atoms with E-state index in [1.165, 1.54) is 24.3 Å². The highest BCUT2D eigenvalue weighted by atomic mass is 79.9. The van der Waals surface area contributed by atoms with E-state index in [4.69, 9.17) is 11.6 Å². The Kier molecular flexibility index (Phi) is 4.99. The van der Waals surface area contributed by atoms with Crippen LogP contribution >= 0.6 is 38.9 Å². The van der Waals surface area contributed by atoms with E-state index in [1.807, 2.05) is 0 Å². The first kappa shape index (κ1) is 16.4. The first-order chi connectivity index (χ1) is 9.79. The van der Waals surface area contributed by atoms with Crippen LogP contribution in [0.25, 0.3) is 0 Å². The lowest BCUT2D eigenvalue weighted by Gasteiger charge is -2.04. The molecular weight excluding hydrogens is 404 g/mol. The third-order valence-electron chi connectivity index (χ3n) is 2.48. The summed E-state index contributed by atoms with van der Waals surface area (Å²) in [7, 11) is -3.71. The largest absolute Gasteiger partial charge is 0.269 e. The number of rotatable bonds is 5. The first-order valence-electron chi connectivity index (χ1n) is 5.47. The highest BCUT2D eigenvalue weighted by Crippen LogP contribution is 2.34. The molecule has 0 aliphatic rings. The monoisotopic (exact) mass is 410 g/mol. The van der Waals surface area contributed by atoms with E-state index >= 15 is 0 Å². The smallest absolute Gasteiger partial charge is 0.258 e. The molecule has 0 saturated carbocycles. The molecule has 1 aromatic carbocycles. The summed E-state index contributed by atoms with van der Waals surface area (Å²) in [6.45, 7) is -0.0445. The van der Waals surface area contributed by atoms with Gasteiger partial charge in [0.15, 0.2) is 0 Å². The van der Waals surface area contributed by atoms with E-state index < -0.39 is 14.9 Å². The average Bonchev–Trinajstić information content (AvgIpc) is 2.78. The molecule has 10 heteroatoms. The molecule has 112 valence electrons. The van der Waals surface area contributed by atoms with Gasteiger partial charge in [0.25, 0.3) is 5.69 Å². The van der Waals surface area contributed by atoms with Gasteiger partial charge in [-0.1, -0.05) is 23.7 Å². The Morgan fingerprint density at radius 2 is 2.10 bits per heavy atom. The maximum absolute atomic E-state index is 12.1. The number of nitrogens with zero attached hydrogens (tertiary/aromatic N) is 1. The number of benzene rings is 1. The summed E-state index contributed by atoms with van der Waals surface area (Å²) in [6.07, 6.45) is 0. The predicted molar refractivity (Wildman–Crippen MR) is 84.2 cm³/mol. The van der Waals surface area contributed by atoms with Crippen LogP contribution in [0.15, 0.2) is 38.3 Å². The number of hydrogen-bond donors (Lipinski definition) is 1. The molecular formula is C11H8BrClN2O4S2. The van der Waals surface area contributed by atoms with Gasteiger partial charge in [0.2, 0.25) is 10.0 Å². The lowest BCUT2D eigenvalue weighted by atomic mass is 10.2. The van der Waals surface area contributed by atoms with Gasteiger partial charge in [-0.2, -0.15) is 0 Å². The van der Waals surface area contributed by atoms with Crippen molar-refractivity contribution in [3.05, 3.63) is 54.8 Å². The van der Waals surface area contributed by atoms with E-state index in [9.17, 15) is 18.5 Å². The number of halogens is 2. The van der Waals surface area contributed by atoms with Crippen LogP contribution in [0.5, 0.6) is 0 Å². The number of nitro benzene ring substituents is 1. The van der Waals surface area contributed by atoms with Crippen molar-refractivity contribution < 1.29 is 13.3 Å². The lowest BCUT2D eigenvalue weighted by molar-refractivity contribution is -0.384. The number of nitrogens with one attached hydrogen (secondary N) is 1. The van der Waals surface area contributed by atoms with Gasteiger partial charge in [-0.3, -0.25) is 10.1 Å². The van der Waals surface area contributed by atoms with E-state index in [0.717, 1.165) is 11.3 Å². The van der Waals surface area contributed by atoms with Crippen molar-refractivity contribution in [2.24, 2.45) is 0 Å². The van der Waals surface area contributed by atoms with Gasteiger partial charge >= 0.3 is 0 Å². The van der Waals surface area contributed by atoms with Gasteiger partial charge in [0.1, 0.15) is 4.21 Å². The fourth-order valence-corrected chi connectivity index (χ4v) is 4.95. The molecule has 1 aromatic heterocycles. The molecule has 0 amide bonds. The zero-order chi connectivity index (χ0) is 15.6. The molecule has 21 heavy (non-hydrogen) atoms. The van der Waals surface area contributed by atoms with Crippen LogP contribution in [0, 0.1) is 10.1 Å². The van der Waals surface area contributed by atoms with Crippen molar-refractivity contribution in [3.63, 3.8) is 0 Å². The van der Waals surface area contributed by atoms with Crippen molar-refractivity contribution in [2.45, 2.75) is 10.8 Å². The number of nitro groups is 1. The van der Waals surface area contributed by atoms with Crippen LogP contribution in [-0.2, 0) is 16.6 Å². The molecule has 0 bridgehead atoms. The summed E-state index contributed by atoms with van der Waals surface area (Å²) in [6, 6.07) is 7.10. The van der Waals surface area contributed by atoms with E-state index in [-0.39, 0.29) is 16.4 Å². The second kappa shape index (κ2) is 6.41. The maximum Gasteiger partial charge on any atom is 0.269 e. The summed E-state index contributed by atoms with van der Waals surface area (Å²) in [4.78, 5) is 10.1. The molecule has 0 unspecified atom stereocenters. The molecule has 1 N–H and O–H groups in total. The summed E-state index contributed by atoms with van der Waals surface area (Å²) < 4.78 is 27.1. The van der Waals surface area contributed by atoms with Crippen LogP contribution in [0.4, 0.5) is 5.69 Å². The number of thiophene rings is 1. The van der Waals surface area contributed by atoms with Gasteiger partial charge in [-0.05, 0) is 27.6 Å². The zero-order valence-electron chi connectivity index (χ0n) is 10.2. The quantitative estimate of drug-likeness (QED) is 0.602. The van der Waals surface area contributed by atoms with Crippen molar-refractivity contribution in [3.8, 4) is 0 Å². The average molecular weight is 412 g/mol. The molecule has 1 heterocycles. The number of hydrogen-bond acceptors (Lipinski definition) is 5. The fraction of sp³-hybridized carbons (Fsp3) is 0.0909. The summed E-state index contributed by atoms with van der Waals surface area (Å²) in [5.41, 5.74) is 0.406. The topological polar surface area (TPSA) is 89.3 Å². The molecule has 0 fully saturated rings. The van der Waals surface area contributed by atoms with Crippen molar-refractivity contribution in [2.75, 3.05) is 0 Å². The Balaban J connectivity index is 2.15. The molecule has 0 saturated heterocycles. The molecule has 0 spiro atoms. The molecule has 0 aliphatic carbocycles. The van der Waals surface area contributed by atoms with Crippen LogP contribution in [0.2, 0.25) is 5.02 Å². The molecule has 0 atom stereocenters. The Labute approximate surface area is 138 Å². The molecule has 2 rings (SSSR count). The van der Waals surface area contributed by atoms with Gasteiger partial charge in [0, 0.05) is 18.7 Å². The Bertz CT molecular complexity index is 772. The third kappa shape index (κ3) is 4.01. The normalized spacial score (nSPS) is 11.5. The second-order valence-electron chi connectivity index (χ2n) is 3.94. The lowest BCUT2D eigenvalue weighted by Crippen LogP contribution is -2.22. The van der Waals surface area contributed by atoms with Crippen molar-refractivity contribution >= 4 is 54.6 Å². The summed E-state index contributed by atoms with van der Waals surface area (Å²) in [5, 5.41) is 11.0. The van der Waals surface area contributed by atoms with Gasteiger partial charge in [0.05, 0.1) is 13.7 Å². The van der Waals surface area contributed by atoms with Crippen LogP contribution in [0.1, 0.15) is 5.56 Å². The SMILES string of the molecule is O=[N+]([O-])c1cccc(CNS(=O)(=O)c2cc(Cl)c(Br)s2)c1. The maximum atomic E-state index is 12.1. The highest BCUT2D eigenvalue weighted by molar-refractivity contribution is 9.11. The fourth-order valence-electron chi connectivity index (χ4n) is 1.49. The highest BCUT2D eigenvalue weighted by Gasteiger charge is 2.19. The Hall–Kier alpha value is -1.000. The minimum absolute atomic E-state index is 0.0445. The van der Waals surface area contributed by atoms with E-state index in [1.54, 1.807) is 6.07 Å². The summed E-state index contributed by atoms with van der Waals surface area (Å²) in [5.74, 6) is 0. The molecule has 0 aliphatic heterocycles.